The van der Waals surface area contributed by atoms with Crippen LogP contribution >= 0.6 is 11.3 Å². The van der Waals surface area contributed by atoms with Crippen LogP contribution in [0, 0.1) is 0 Å². The second kappa shape index (κ2) is 7.77. The van der Waals surface area contributed by atoms with E-state index in [0.717, 1.165) is 29.8 Å². The van der Waals surface area contributed by atoms with Crippen molar-refractivity contribution in [3.63, 3.8) is 0 Å². The predicted octanol–water partition coefficient (Wildman–Crippen LogP) is 1.86. The number of nitrogens with two attached hydrogens (primary N) is 1. The Morgan fingerprint density at radius 1 is 1.20 bits per heavy atom. The van der Waals surface area contributed by atoms with E-state index in [1.165, 1.54) is 10.4 Å². The lowest BCUT2D eigenvalue weighted by atomic mass is 9.82. The molecule has 9 nitrogen and oxygen atoms in total. The maximum atomic E-state index is 12.6. The van der Waals surface area contributed by atoms with Crippen molar-refractivity contribution in [2.75, 3.05) is 25.4 Å². The predicted molar refractivity (Wildman–Crippen MR) is 112 cm³/mol. The molecule has 156 valence electrons. The minimum absolute atomic E-state index is 0.165. The molecule has 3 aromatic rings. The average molecular weight is 426 g/mol. The maximum Gasteiger partial charge on any atom is 0.224 e. The molecule has 0 atom stereocenters. The van der Waals surface area contributed by atoms with E-state index in [4.69, 9.17) is 10.5 Å². The lowest BCUT2D eigenvalue weighted by molar-refractivity contribution is -0.140. The van der Waals surface area contributed by atoms with E-state index in [-0.39, 0.29) is 11.5 Å². The lowest BCUT2D eigenvalue weighted by Crippen LogP contribution is -2.48. The molecule has 0 aromatic carbocycles. The Morgan fingerprint density at radius 2 is 2.00 bits per heavy atom. The van der Waals surface area contributed by atoms with Gasteiger partial charge >= 0.3 is 0 Å². The number of nitrogen functional groups attached to an aromatic ring is 1. The fourth-order valence-electron chi connectivity index (χ4n) is 4.26. The van der Waals surface area contributed by atoms with Crippen molar-refractivity contribution in [1.29, 1.82) is 0 Å². The Labute approximate surface area is 177 Å². The number of aromatic nitrogens is 5. The third kappa shape index (κ3) is 3.56. The fourth-order valence-corrected chi connectivity index (χ4v) is 5.45. The van der Waals surface area contributed by atoms with Gasteiger partial charge in [0, 0.05) is 37.4 Å². The van der Waals surface area contributed by atoms with E-state index in [9.17, 15) is 4.79 Å². The van der Waals surface area contributed by atoms with Gasteiger partial charge in [0.25, 0.3) is 0 Å². The normalized spacial score (nSPS) is 17.8. The first-order chi connectivity index (χ1) is 14.6. The summed E-state index contributed by atoms with van der Waals surface area (Å²) in [6.07, 6.45) is 9.55. The summed E-state index contributed by atoms with van der Waals surface area (Å²) in [5, 5.41) is 7.55. The van der Waals surface area contributed by atoms with Gasteiger partial charge in [-0.1, -0.05) is 0 Å². The second-order valence-corrected chi connectivity index (χ2v) is 8.83. The summed E-state index contributed by atoms with van der Waals surface area (Å²) in [6.45, 7) is 2.72. The molecule has 2 aliphatic heterocycles. The zero-order valence-electron chi connectivity index (χ0n) is 16.5. The number of ether oxygens (including phenoxy) is 1. The zero-order valence-corrected chi connectivity index (χ0v) is 17.3. The molecule has 30 heavy (non-hydrogen) atoms. The smallest absolute Gasteiger partial charge is 0.224 e. The van der Waals surface area contributed by atoms with Gasteiger partial charge in [0.05, 0.1) is 35.2 Å². The molecule has 1 fully saturated rings. The summed E-state index contributed by atoms with van der Waals surface area (Å²) < 4.78 is 8.17. The van der Waals surface area contributed by atoms with Crippen molar-refractivity contribution in [3.05, 3.63) is 41.6 Å². The maximum absolute atomic E-state index is 12.6. The summed E-state index contributed by atoms with van der Waals surface area (Å²) in [4.78, 5) is 25.6. The molecular weight excluding hydrogens is 402 g/mol. The van der Waals surface area contributed by atoms with Crippen LogP contribution in [-0.4, -0.2) is 55.2 Å². The number of thiophene rings is 1. The van der Waals surface area contributed by atoms with E-state index < -0.39 is 0 Å². The Kier molecular flexibility index (Phi) is 4.95. The van der Waals surface area contributed by atoms with Crippen molar-refractivity contribution in [2.45, 2.75) is 37.8 Å². The quantitative estimate of drug-likeness (QED) is 0.679. The molecule has 2 aliphatic rings. The summed E-state index contributed by atoms with van der Waals surface area (Å²) >= 11 is 1.76. The lowest BCUT2D eigenvalue weighted by Gasteiger charge is -2.44. The number of hydrogen-bond acceptors (Lipinski definition) is 8. The highest BCUT2D eigenvalue weighted by Crippen LogP contribution is 2.46. The summed E-state index contributed by atoms with van der Waals surface area (Å²) in [6, 6.07) is 2.20. The van der Waals surface area contributed by atoms with Gasteiger partial charge in [-0.15, -0.1) is 21.5 Å². The highest BCUT2D eigenvalue weighted by atomic mass is 32.1. The van der Waals surface area contributed by atoms with Crippen LogP contribution in [0.3, 0.4) is 0 Å². The van der Waals surface area contributed by atoms with Crippen LogP contribution < -0.4 is 5.73 Å². The first kappa shape index (κ1) is 19.1. The topological polar surface area (TPSA) is 112 Å². The number of aryl methyl sites for hydroxylation is 1. The monoisotopic (exact) mass is 425 g/mol. The van der Waals surface area contributed by atoms with Crippen LogP contribution in [0.2, 0.25) is 0 Å². The number of rotatable bonds is 4. The number of amides is 1. The molecule has 10 heteroatoms. The molecule has 5 rings (SSSR count). The minimum Gasteiger partial charge on any atom is -0.382 e. The van der Waals surface area contributed by atoms with Crippen molar-refractivity contribution in [1.82, 2.24) is 29.6 Å². The van der Waals surface area contributed by atoms with Crippen LogP contribution in [0.1, 0.15) is 29.7 Å². The molecule has 0 aliphatic carbocycles. The number of piperidine rings is 1. The van der Waals surface area contributed by atoms with Crippen molar-refractivity contribution >= 4 is 23.1 Å². The molecule has 3 aromatic heterocycles. The Hall–Kier alpha value is -2.85. The van der Waals surface area contributed by atoms with Crippen LogP contribution in [0.5, 0.6) is 0 Å². The highest BCUT2D eigenvalue weighted by molar-refractivity contribution is 7.15. The molecule has 5 heterocycles. The third-order valence-electron chi connectivity index (χ3n) is 5.91. The van der Waals surface area contributed by atoms with Crippen LogP contribution in [0.15, 0.2) is 31.1 Å². The van der Waals surface area contributed by atoms with E-state index in [2.05, 4.69) is 26.2 Å². The summed E-state index contributed by atoms with van der Waals surface area (Å²) in [7, 11) is 0. The van der Waals surface area contributed by atoms with Gasteiger partial charge < -0.3 is 19.9 Å². The van der Waals surface area contributed by atoms with Gasteiger partial charge in [-0.3, -0.25) is 4.79 Å². The van der Waals surface area contributed by atoms with Crippen molar-refractivity contribution in [2.24, 2.45) is 0 Å². The molecule has 2 N–H and O–H groups in total. The molecule has 0 bridgehead atoms. The summed E-state index contributed by atoms with van der Waals surface area (Å²) in [5.41, 5.74) is 7.45. The number of carbonyl (C=O) groups excluding carboxylic acids is 1. The second-order valence-electron chi connectivity index (χ2n) is 7.70. The Balaban J connectivity index is 1.29. The highest BCUT2D eigenvalue weighted by Gasteiger charge is 2.42. The van der Waals surface area contributed by atoms with Crippen LogP contribution in [-0.2, 0) is 28.1 Å². The molecule has 0 radical (unpaired) electrons. The first-order valence-corrected chi connectivity index (χ1v) is 10.9. The number of fused-ring (bicyclic) bond motifs is 2. The number of hydrogen-bond donors (Lipinski definition) is 1. The first-order valence-electron chi connectivity index (χ1n) is 10.1. The molecule has 1 saturated heterocycles. The largest absolute Gasteiger partial charge is 0.382 e. The standard InChI is InChI=1S/C20H23N7O2S/c21-18-11-22-15(10-23-18)17-9-14-16(30-17)2-8-29-20(14)3-6-27(7-4-20)19(28)1-5-26-12-24-25-13-26/h9-13H,1-8H2,(H2,21,23). The molecule has 0 unspecified atom stereocenters. The number of nitrogens with zero attached hydrogens (tertiary/aromatic N) is 6. The number of carbonyl (C=O) groups is 1. The van der Waals surface area contributed by atoms with Crippen molar-refractivity contribution < 1.29 is 9.53 Å². The van der Waals surface area contributed by atoms with Gasteiger partial charge in [0.15, 0.2) is 0 Å². The fraction of sp³-hybridized carbons (Fsp3) is 0.450. The zero-order chi connectivity index (χ0) is 20.6. The van der Waals surface area contributed by atoms with E-state index >= 15 is 0 Å². The van der Waals surface area contributed by atoms with E-state index in [1.807, 2.05) is 9.47 Å². The van der Waals surface area contributed by atoms with Gasteiger partial charge in [-0.25, -0.2) is 9.97 Å². The van der Waals surface area contributed by atoms with Gasteiger partial charge in [-0.2, -0.15) is 0 Å². The number of anilines is 1. The van der Waals surface area contributed by atoms with Gasteiger partial charge in [-0.05, 0) is 24.5 Å². The van der Waals surface area contributed by atoms with Gasteiger partial charge in [0.1, 0.15) is 18.5 Å². The Morgan fingerprint density at radius 3 is 2.73 bits per heavy atom. The third-order valence-corrected chi connectivity index (χ3v) is 7.12. The SMILES string of the molecule is Nc1cnc(-c2cc3c(s2)CCOC32CCN(C(=O)CCn3cnnc3)CC2)cn1. The molecule has 0 saturated carbocycles. The van der Waals surface area contributed by atoms with Crippen LogP contribution in [0.4, 0.5) is 5.82 Å². The van der Waals surface area contributed by atoms with Gasteiger partial charge in [0.2, 0.25) is 5.91 Å². The summed E-state index contributed by atoms with van der Waals surface area (Å²) in [5.74, 6) is 0.582. The van der Waals surface area contributed by atoms with Crippen molar-refractivity contribution in [3.8, 4) is 10.6 Å². The van der Waals surface area contributed by atoms with E-state index in [0.29, 0.717) is 38.5 Å². The Bertz CT molecular complexity index is 1020. The van der Waals surface area contributed by atoms with E-state index in [1.54, 1.807) is 36.4 Å². The number of likely N-dealkylation sites (tertiary alicyclic amines) is 1. The average Bonchev–Trinajstić information content (AvgIpc) is 3.44. The molecular formula is C20H23N7O2S. The minimum atomic E-state index is -0.311. The molecule has 1 amide bonds. The molecule has 1 spiro atoms. The van der Waals surface area contributed by atoms with Crippen LogP contribution in [0.25, 0.3) is 10.6 Å².